The number of aliphatic carboxylic acids is 1. The van der Waals surface area contributed by atoms with Crippen molar-refractivity contribution in [1.82, 2.24) is 4.90 Å². The molecule has 1 aliphatic rings. The molecule has 0 aromatic carbocycles. The first-order valence-corrected chi connectivity index (χ1v) is 7.46. The summed E-state index contributed by atoms with van der Waals surface area (Å²) < 4.78 is 6.12. The van der Waals surface area contributed by atoms with Crippen molar-refractivity contribution in [3.8, 4) is 0 Å². The van der Waals surface area contributed by atoms with Gasteiger partial charge >= 0.3 is 5.97 Å². The fourth-order valence-corrected chi connectivity index (χ4v) is 3.86. The average molecular weight is 348 g/mol. The van der Waals surface area contributed by atoms with E-state index in [2.05, 4.69) is 15.9 Å². The summed E-state index contributed by atoms with van der Waals surface area (Å²) in [7, 11) is 0. The number of carbonyl (C=O) groups is 2. The Morgan fingerprint density at radius 3 is 2.84 bits per heavy atom. The normalized spacial score (nSPS) is 23.7. The molecular weight excluding hydrogens is 334 g/mol. The van der Waals surface area contributed by atoms with E-state index in [-0.39, 0.29) is 12.5 Å². The van der Waals surface area contributed by atoms with E-state index in [1.165, 1.54) is 11.3 Å². The van der Waals surface area contributed by atoms with Gasteiger partial charge in [-0.15, -0.1) is 11.3 Å². The lowest BCUT2D eigenvalue weighted by molar-refractivity contribution is -0.172. The highest BCUT2D eigenvalue weighted by Gasteiger charge is 2.42. The van der Waals surface area contributed by atoms with E-state index in [0.717, 1.165) is 14.2 Å². The molecule has 2 atom stereocenters. The lowest BCUT2D eigenvalue weighted by atomic mass is 10.1. The Labute approximate surface area is 123 Å². The summed E-state index contributed by atoms with van der Waals surface area (Å²) in [5.74, 6) is -1.22. The zero-order valence-electron chi connectivity index (χ0n) is 10.6. The highest BCUT2D eigenvalue weighted by molar-refractivity contribution is 9.10. The van der Waals surface area contributed by atoms with Crippen molar-refractivity contribution in [3.63, 3.8) is 0 Å². The molecule has 0 radical (unpaired) electrons. The second kappa shape index (κ2) is 5.60. The Bertz CT molecular complexity index is 494. The number of carboxylic acid groups (broad SMARTS) is 1. The smallest absolute Gasteiger partial charge is 0.335 e. The van der Waals surface area contributed by atoms with Gasteiger partial charge in [0.15, 0.2) is 6.10 Å². The van der Waals surface area contributed by atoms with Crippen LogP contribution in [-0.2, 0) is 14.3 Å². The van der Waals surface area contributed by atoms with Crippen molar-refractivity contribution in [1.29, 1.82) is 0 Å². The van der Waals surface area contributed by atoms with Crippen LogP contribution in [0.3, 0.4) is 0 Å². The molecule has 2 unspecified atom stereocenters. The maximum absolute atomic E-state index is 11.9. The molecular formula is C12H14BrNO4S. The highest BCUT2D eigenvalue weighted by Crippen LogP contribution is 2.37. The third kappa shape index (κ3) is 2.68. The Hall–Kier alpha value is -0.920. The van der Waals surface area contributed by atoms with Gasteiger partial charge in [0.05, 0.1) is 0 Å². The van der Waals surface area contributed by atoms with E-state index in [9.17, 15) is 14.7 Å². The molecule has 1 saturated heterocycles. The minimum Gasteiger partial charge on any atom is -0.479 e. The first-order valence-electron chi connectivity index (χ1n) is 5.85. The second-order valence-electron chi connectivity index (χ2n) is 4.25. The first kappa shape index (κ1) is 14.5. The number of hydrogen-bond donors (Lipinski definition) is 1. The SMILES string of the molecule is CCN1C(=O)COC(C(=O)O)C1c1cc(Br)c(C)s1. The lowest BCUT2D eigenvalue weighted by Crippen LogP contribution is -2.51. The predicted octanol–water partition coefficient (Wildman–Crippen LogP) is 2.19. The van der Waals surface area contributed by atoms with E-state index >= 15 is 0 Å². The molecule has 1 fully saturated rings. The lowest BCUT2D eigenvalue weighted by Gasteiger charge is -2.38. The molecule has 5 nitrogen and oxygen atoms in total. The molecule has 2 rings (SSSR count). The molecule has 1 aliphatic heterocycles. The third-order valence-electron chi connectivity index (χ3n) is 3.08. The molecule has 7 heteroatoms. The maximum atomic E-state index is 11.9. The van der Waals surface area contributed by atoms with Gasteiger partial charge in [0.2, 0.25) is 5.91 Å². The number of carboxylic acids is 1. The minimum absolute atomic E-state index is 0.174. The number of amides is 1. The van der Waals surface area contributed by atoms with Gasteiger partial charge < -0.3 is 14.7 Å². The number of ether oxygens (including phenoxy) is 1. The van der Waals surface area contributed by atoms with E-state index < -0.39 is 18.1 Å². The Kier molecular flexibility index (Phi) is 4.27. The van der Waals surface area contributed by atoms with Crippen LogP contribution in [0.4, 0.5) is 0 Å². The quantitative estimate of drug-likeness (QED) is 0.909. The summed E-state index contributed by atoms with van der Waals surface area (Å²) in [5, 5.41) is 9.28. The number of carbonyl (C=O) groups excluding carboxylic acids is 1. The fraction of sp³-hybridized carbons (Fsp3) is 0.500. The van der Waals surface area contributed by atoms with Crippen LogP contribution >= 0.6 is 27.3 Å². The van der Waals surface area contributed by atoms with Gasteiger partial charge in [-0.25, -0.2) is 4.79 Å². The molecule has 1 amide bonds. The largest absolute Gasteiger partial charge is 0.479 e. The van der Waals surface area contributed by atoms with Crippen molar-refractivity contribution in [2.24, 2.45) is 0 Å². The zero-order valence-corrected chi connectivity index (χ0v) is 13.0. The van der Waals surface area contributed by atoms with Crippen molar-refractivity contribution >= 4 is 39.1 Å². The third-order valence-corrected chi connectivity index (χ3v) is 5.29. The summed E-state index contributed by atoms with van der Waals surface area (Å²) in [5.41, 5.74) is 0. The van der Waals surface area contributed by atoms with E-state index in [1.54, 1.807) is 4.90 Å². The summed E-state index contributed by atoms with van der Waals surface area (Å²) in [6, 6.07) is 1.31. The molecule has 1 aromatic rings. The van der Waals surface area contributed by atoms with Crippen LogP contribution in [0.2, 0.25) is 0 Å². The van der Waals surface area contributed by atoms with Crippen LogP contribution < -0.4 is 0 Å². The van der Waals surface area contributed by atoms with Gasteiger partial charge in [0, 0.05) is 20.8 Å². The minimum atomic E-state index is -1.04. The van der Waals surface area contributed by atoms with Crippen LogP contribution in [0.25, 0.3) is 0 Å². The molecule has 0 spiro atoms. The van der Waals surface area contributed by atoms with E-state index in [1.807, 2.05) is 19.9 Å². The number of thiophene rings is 1. The van der Waals surface area contributed by atoms with Gasteiger partial charge in [-0.1, -0.05) is 0 Å². The summed E-state index contributed by atoms with van der Waals surface area (Å²) in [6.07, 6.45) is -1.01. The molecule has 0 bridgehead atoms. The number of likely N-dealkylation sites (N-methyl/N-ethyl adjacent to an activating group) is 1. The molecule has 2 heterocycles. The van der Waals surface area contributed by atoms with E-state index in [4.69, 9.17) is 4.74 Å². The average Bonchev–Trinajstić information content (AvgIpc) is 2.68. The van der Waals surface area contributed by atoms with E-state index in [0.29, 0.717) is 6.54 Å². The van der Waals surface area contributed by atoms with Crippen LogP contribution in [-0.4, -0.2) is 41.1 Å². The van der Waals surface area contributed by atoms with Gasteiger partial charge in [-0.05, 0) is 35.8 Å². The Balaban J connectivity index is 2.43. The molecule has 0 aliphatic carbocycles. The number of nitrogens with zero attached hydrogens (tertiary/aromatic N) is 1. The fourth-order valence-electron chi connectivity index (χ4n) is 2.16. The van der Waals surface area contributed by atoms with Crippen molar-refractivity contribution < 1.29 is 19.4 Å². The molecule has 1 aromatic heterocycles. The zero-order chi connectivity index (χ0) is 14.2. The monoisotopic (exact) mass is 347 g/mol. The Morgan fingerprint density at radius 2 is 2.37 bits per heavy atom. The predicted molar refractivity (Wildman–Crippen MR) is 74.3 cm³/mol. The highest BCUT2D eigenvalue weighted by atomic mass is 79.9. The molecule has 0 saturated carbocycles. The second-order valence-corrected chi connectivity index (χ2v) is 6.39. The maximum Gasteiger partial charge on any atom is 0.335 e. The summed E-state index contributed by atoms with van der Waals surface area (Å²) >= 11 is 4.89. The molecule has 19 heavy (non-hydrogen) atoms. The van der Waals surface area contributed by atoms with Crippen LogP contribution in [0.15, 0.2) is 10.5 Å². The van der Waals surface area contributed by atoms with Crippen molar-refractivity contribution in [3.05, 3.63) is 20.3 Å². The topological polar surface area (TPSA) is 66.8 Å². The molecule has 1 N–H and O–H groups in total. The van der Waals surface area contributed by atoms with Gasteiger partial charge in [0.25, 0.3) is 0 Å². The number of hydrogen-bond acceptors (Lipinski definition) is 4. The van der Waals surface area contributed by atoms with Crippen molar-refractivity contribution in [2.45, 2.75) is 26.0 Å². The number of morpholine rings is 1. The van der Waals surface area contributed by atoms with Gasteiger partial charge in [-0.3, -0.25) is 4.79 Å². The summed E-state index contributed by atoms with van der Waals surface area (Å²) in [4.78, 5) is 26.6. The van der Waals surface area contributed by atoms with Crippen LogP contribution in [0, 0.1) is 6.92 Å². The first-order chi connectivity index (χ1) is 8.95. The standard InChI is InChI=1S/C12H14BrNO4S/c1-3-14-9(15)5-18-11(12(16)17)10(14)8-4-7(13)6(2)19-8/h4,10-11H,3,5H2,1-2H3,(H,16,17). The molecule has 104 valence electrons. The summed E-state index contributed by atoms with van der Waals surface area (Å²) in [6.45, 7) is 4.07. The van der Waals surface area contributed by atoms with Crippen LogP contribution in [0.1, 0.15) is 22.7 Å². The van der Waals surface area contributed by atoms with Gasteiger partial charge in [0.1, 0.15) is 12.6 Å². The van der Waals surface area contributed by atoms with Crippen LogP contribution in [0.5, 0.6) is 0 Å². The van der Waals surface area contributed by atoms with Gasteiger partial charge in [-0.2, -0.15) is 0 Å². The number of halogens is 1. The number of aryl methyl sites for hydroxylation is 1. The number of rotatable bonds is 3. The Morgan fingerprint density at radius 1 is 1.68 bits per heavy atom. The van der Waals surface area contributed by atoms with Crippen molar-refractivity contribution in [2.75, 3.05) is 13.2 Å².